The van der Waals surface area contributed by atoms with Crippen molar-refractivity contribution in [3.05, 3.63) is 0 Å². The van der Waals surface area contributed by atoms with Crippen LogP contribution in [0.15, 0.2) is 0 Å². The number of esters is 2. The number of nitrogens with one attached hydrogen (secondary N) is 2. The van der Waals surface area contributed by atoms with Gasteiger partial charge in [-0.1, -0.05) is 25.7 Å². The first-order valence-corrected chi connectivity index (χ1v) is 20.9. The maximum Gasteiger partial charge on any atom is 0.307 e. The second-order valence-electron chi connectivity index (χ2n) is 17.5. The van der Waals surface area contributed by atoms with Gasteiger partial charge in [0.05, 0.1) is 26.1 Å². The molecule has 0 saturated carbocycles. The summed E-state index contributed by atoms with van der Waals surface area (Å²) in [6, 6.07) is -0.747. The molecule has 2 N–H and O–H groups in total. The molecule has 16 nitrogen and oxygen atoms in total. The van der Waals surface area contributed by atoms with E-state index in [0.717, 1.165) is 38.5 Å². The molecule has 2 unspecified atom stereocenters. The Bertz CT molecular complexity index is 1230. The third-order valence-corrected chi connectivity index (χ3v) is 11.0. The molecule has 0 aliphatic carbocycles. The molecule has 6 saturated heterocycles. The molecule has 0 aromatic heterocycles. The molecular formula is C40H68N2O14. The first-order chi connectivity index (χ1) is 26.4. The Morgan fingerprint density at radius 3 is 1.18 bits per heavy atom. The van der Waals surface area contributed by atoms with E-state index < -0.39 is 84.6 Å². The molecule has 0 radical (unpaired) electrons. The SMILES string of the molecule is CCOC(=O)CC(NCCCCCCCCNC(CC(=O)OCC)[C@H]1O[C@@H]2OC(C)(C)O[C@@H]2[C@H]2OC(C)(C)O[C@H]21)[C@H]1O[C@@H]2OC(C)(C)O[C@@H]2[C@H]2OC(C)(C)O[C@H]21. The summed E-state index contributed by atoms with van der Waals surface area (Å²) >= 11 is 0. The highest BCUT2D eigenvalue weighted by molar-refractivity contribution is 5.70. The molecule has 0 aromatic rings. The molecule has 6 fully saturated rings. The number of carbonyl (C=O) groups excluding carboxylic acids is 2. The minimum atomic E-state index is -0.835. The standard InChI is InChI=1S/C40H68N2O14/c1-11-45-25(43)21-23(27-29-31(51-37(3,4)49-29)33-35(47-27)55-39(7,8)53-33)41-19-17-15-13-14-16-18-20-42-24(22-26(44)46-12-2)28-30-32(52-38(5,6)50-30)34-36(48-28)56-40(9,10)54-34/h23-24,27-36,41-42H,11-22H2,1-10H3/t23?,24?,27-,28-,29+,30+,31+,32+,33-,34-,35-,36-/m1/s1. The van der Waals surface area contributed by atoms with Crippen LogP contribution in [0.2, 0.25) is 0 Å². The van der Waals surface area contributed by atoms with Gasteiger partial charge in [-0.15, -0.1) is 0 Å². The fourth-order valence-corrected chi connectivity index (χ4v) is 8.87. The van der Waals surface area contributed by atoms with Crippen LogP contribution >= 0.6 is 0 Å². The summed E-state index contributed by atoms with van der Waals surface area (Å²) in [4.78, 5) is 25.5. The van der Waals surface area contributed by atoms with Gasteiger partial charge in [-0.25, -0.2) is 0 Å². The summed E-state index contributed by atoms with van der Waals surface area (Å²) in [5.41, 5.74) is 0. The quantitative estimate of drug-likeness (QED) is 0.142. The molecule has 16 heteroatoms. The zero-order valence-corrected chi connectivity index (χ0v) is 35.1. The van der Waals surface area contributed by atoms with Crippen LogP contribution in [0.1, 0.15) is 121 Å². The van der Waals surface area contributed by atoms with Crippen LogP contribution in [0.3, 0.4) is 0 Å². The highest BCUT2D eigenvalue weighted by Crippen LogP contribution is 2.46. The lowest BCUT2D eigenvalue weighted by atomic mass is 9.92. The number of carbonyl (C=O) groups is 2. The summed E-state index contributed by atoms with van der Waals surface area (Å²) in [7, 11) is 0. The summed E-state index contributed by atoms with van der Waals surface area (Å²) in [6.07, 6.45) is 1.34. The minimum Gasteiger partial charge on any atom is -0.466 e. The number of ether oxygens (including phenoxy) is 12. The van der Waals surface area contributed by atoms with Gasteiger partial charge < -0.3 is 67.5 Å². The highest BCUT2D eigenvalue weighted by atomic mass is 16.9. The van der Waals surface area contributed by atoms with Crippen molar-refractivity contribution in [2.45, 2.75) is 217 Å². The van der Waals surface area contributed by atoms with Crippen LogP contribution < -0.4 is 10.6 Å². The molecule has 0 amide bonds. The first-order valence-electron chi connectivity index (χ1n) is 20.9. The Morgan fingerprint density at radius 1 is 0.482 bits per heavy atom. The van der Waals surface area contributed by atoms with Gasteiger partial charge in [-0.3, -0.25) is 9.59 Å². The highest BCUT2D eigenvalue weighted by Gasteiger charge is 2.63. The van der Waals surface area contributed by atoms with Crippen LogP contribution in [0.5, 0.6) is 0 Å². The largest absolute Gasteiger partial charge is 0.466 e. The maximum atomic E-state index is 12.8. The maximum absolute atomic E-state index is 12.8. The van der Waals surface area contributed by atoms with Crippen molar-refractivity contribution in [1.29, 1.82) is 0 Å². The van der Waals surface area contributed by atoms with E-state index in [1.165, 1.54) is 0 Å². The molecule has 0 spiro atoms. The van der Waals surface area contributed by atoms with Gasteiger partial charge in [0, 0.05) is 12.1 Å². The Kier molecular flexibility index (Phi) is 14.1. The number of hydrogen-bond acceptors (Lipinski definition) is 16. The van der Waals surface area contributed by atoms with Crippen LogP contribution in [0.25, 0.3) is 0 Å². The zero-order valence-electron chi connectivity index (χ0n) is 35.1. The molecule has 0 aromatic carbocycles. The second-order valence-corrected chi connectivity index (χ2v) is 17.5. The second kappa shape index (κ2) is 18.0. The predicted molar refractivity (Wildman–Crippen MR) is 199 cm³/mol. The van der Waals surface area contributed by atoms with Crippen molar-refractivity contribution in [3.63, 3.8) is 0 Å². The topological polar surface area (TPSA) is 169 Å². The van der Waals surface area contributed by atoms with Gasteiger partial charge >= 0.3 is 11.9 Å². The summed E-state index contributed by atoms with van der Waals surface area (Å²) in [5, 5.41) is 7.17. The summed E-state index contributed by atoms with van der Waals surface area (Å²) in [5.74, 6) is -3.94. The minimum absolute atomic E-state index is 0.127. The number of unbranched alkanes of at least 4 members (excludes halogenated alkanes) is 5. The van der Waals surface area contributed by atoms with Crippen molar-refractivity contribution in [1.82, 2.24) is 10.6 Å². The van der Waals surface area contributed by atoms with E-state index in [0.29, 0.717) is 26.3 Å². The molecule has 6 rings (SSSR count). The van der Waals surface area contributed by atoms with Crippen molar-refractivity contribution in [2.75, 3.05) is 26.3 Å². The number of fused-ring (bicyclic) bond motifs is 6. The van der Waals surface area contributed by atoms with Gasteiger partial charge in [-0.05, 0) is 95.2 Å². The van der Waals surface area contributed by atoms with E-state index in [4.69, 9.17) is 56.8 Å². The average molecular weight is 801 g/mol. The van der Waals surface area contributed by atoms with Crippen molar-refractivity contribution >= 4 is 11.9 Å². The molecule has 322 valence electrons. The van der Waals surface area contributed by atoms with Gasteiger partial charge in [0.15, 0.2) is 35.7 Å². The van der Waals surface area contributed by atoms with E-state index in [1.54, 1.807) is 13.8 Å². The van der Waals surface area contributed by atoms with Crippen LogP contribution in [-0.2, 0) is 66.4 Å². The van der Waals surface area contributed by atoms with E-state index in [1.807, 2.05) is 55.4 Å². The van der Waals surface area contributed by atoms with Gasteiger partial charge in [-0.2, -0.15) is 0 Å². The molecule has 6 aliphatic rings. The van der Waals surface area contributed by atoms with Gasteiger partial charge in [0.2, 0.25) is 0 Å². The Labute approximate surface area is 332 Å². The summed E-state index contributed by atoms with van der Waals surface area (Å²) < 4.78 is 73.5. The van der Waals surface area contributed by atoms with E-state index in [9.17, 15) is 9.59 Å². The van der Waals surface area contributed by atoms with Crippen LogP contribution in [0.4, 0.5) is 0 Å². The first kappa shape index (κ1) is 44.0. The predicted octanol–water partition coefficient (Wildman–Crippen LogP) is 3.94. The third kappa shape index (κ3) is 10.8. The van der Waals surface area contributed by atoms with E-state index in [2.05, 4.69) is 10.6 Å². The van der Waals surface area contributed by atoms with Crippen molar-refractivity contribution in [3.8, 4) is 0 Å². The van der Waals surface area contributed by atoms with Crippen LogP contribution in [0, 0.1) is 0 Å². The lowest BCUT2D eigenvalue weighted by Crippen LogP contribution is -2.61. The third-order valence-electron chi connectivity index (χ3n) is 11.0. The normalized spacial score (nSPS) is 36.9. The smallest absolute Gasteiger partial charge is 0.307 e. The lowest BCUT2D eigenvalue weighted by Gasteiger charge is -2.41. The van der Waals surface area contributed by atoms with Crippen molar-refractivity contribution < 1.29 is 66.4 Å². The number of rotatable bonds is 19. The Morgan fingerprint density at radius 2 is 0.804 bits per heavy atom. The average Bonchev–Trinajstić information content (AvgIpc) is 3.80. The molecule has 6 heterocycles. The summed E-state index contributed by atoms with van der Waals surface area (Å²) in [6.45, 7) is 20.5. The molecule has 56 heavy (non-hydrogen) atoms. The molecule has 6 aliphatic heterocycles. The molecule has 12 atom stereocenters. The Balaban J connectivity index is 0.962. The van der Waals surface area contributed by atoms with Crippen molar-refractivity contribution in [2.24, 2.45) is 0 Å². The van der Waals surface area contributed by atoms with E-state index in [-0.39, 0.29) is 36.9 Å². The van der Waals surface area contributed by atoms with Gasteiger partial charge in [0.25, 0.3) is 0 Å². The van der Waals surface area contributed by atoms with Crippen LogP contribution in [-0.4, -0.2) is 135 Å². The zero-order chi connectivity index (χ0) is 40.5. The number of hydrogen-bond donors (Lipinski definition) is 2. The monoisotopic (exact) mass is 800 g/mol. The fourth-order valence-electron chi connectivity index (χ4n) is 8.87. The lowest BCUT2D eigenvalue weighted by molar-refractivity contribution is -0.240. The Hall–Kier alpha value is -1.54. The molecule has 0 bridgehead atoms. The van der Waals surface area contributed by atoms with E-state index >= 15 is 0 Å². The fraction of sp³-hybridized carbons (Fsp3) is 0.950. The van der Waals surface area contributed by atoms with Gasteiger partial charge in [0.1, 0.15) is 48.8 Å². The molecular weight excluding hydrogens is 732 g/mol.